The molecule has 0 aromatic carbocycles. The summed E-state index contributed by atoms with van der Waals surface area (Å²) in [6.07, 6.45) is 6.47. The maximum atomic E-state index is 10.6. The first-order valence-electron chi connectivity index (χ1n) is 4.44. The molecule has 15 heavy (non-hydrogen) atoms. The smallest absolute Gasteiger partial charge is 0.356 e. The Morgan fingerprint density at radius 3 is 3.00 bits per heavy atom. The molecule has 2 aromatic heterocycles. The van der Waals surface area contributed by atoms with Crippen LogP contribution in [0.5, 0.6) is 0 Å². The summed E-state index contributed by atoms with van der Waals surface area (Å²) in [5.74, 6) is -1.02. The molecule has 0 bridgehead atoms. The lowest BCUT2D eigenvalue weighted by atomic mass is 10.2. The fourth-order valence-corrected chi connectivity index (χ4v) is 1.32. The van der Waals surface area contributed by atoms with Gasteiger partial charge in [-0.2, -0.15) is 5.10 Å². The summed E-state index contributed by atoms with van der Waals surface area (Å²) in [6.45, 7) is 1.94. The van der Waals surface area contributed by atoms with Crippen molar-refractivity contribution in [2.75, 3.05) is 0 Å². The van der Waals surface area contributed by atoms with Crippen LogP contribution in [-0.4, -0.2) is 30.8 Å². The van der Waals surface area contributed by atoms with Crippen LogP contribution in [0.1, 0.15) is 29.0 Å². The summed E-state index contributed by atoms with van der Waals surface area (Å²) in [7, 11) is 0. The van der Waals surface area contributed by atoms with Gasteiger partial charge in [0.25, 0.3) is 0 Å². The number of nitrogens with zero attached hydrogens (tertiary/aromatic N) is 3. The van der Waals surface area contributed by atoms with E-state index in [-0.39, 0.29) is 11.7 Å². The fraction of sp³-hybridized carbons (Fsp3) is 0.222. The second-order valence-corrected chi connectivity index (χ2v) is 3.22. The van der Waals surface area contributed by atoms with Crippen LogP contribution in [0.4, 0.5) is 0 Å². The van der Waals surface area contributed by atoms with E-state index in [1.807, 2.05) is 6.92 Å². The van der Waals surface area contributed by atoms with Gasteiger partial charge in [-0.1, -0.05) is 0 Å². The lowest BCUT2D eigenvalue weighted by Crippen LogP contribution is -2.03. The van der Waals surface area contributed by atoms with E-state index in [1.54, 1.807) is 17.0 Å². The fourth-order valence-electron chi connectivity index (χ4n) is 1.32. The molecule has 0 radical (unpaired) electrons. The molecule has 78 valence electrons. The number of nitrogens with one attached hydrogen (secondary N) is 1. The number of carboxylic acids is 1. The monoisotopic (exact) mass is 206 g/mol. The third-order valence-corrected chi connectivity index (χ3v) is 2.27. The van der Waals surface area contributed by atoms with Crippen molar-refractivity contribution in [1.82, 2.24) is 19.7 Å². The number of aromatic amines is 1. The van der Waals surface area contributed by atoms with Crippen LogP contribution < -0.4 is 0 Å². The number of hydrogen-bond donors (Lipinski definition) is 2. The third kappa shape index (κ3) is 1.74. The van der Waals surface area contributed by atoms with E-state index >= 15 is 0 Å². The molecule has 0 aliphatic carbocycles. The van der Waals surface area contributed by atoms with Crippen molar-refractivity contribution < 1.29 is 9.90 Å². The number of aromatic carboxylic acids is 1. The van der Waals surface area contributed by atoms with Crippen LogP contribution in [0.25, 0.3) is 0 Å². The number of hydrogen-bond acceptors (Lipinski definition) is 3. The first-order chi connectivity index (χ1) is 7.18. The zero-order valence-corrected chi connectivity index (χ0v) is 8.08. The Balaban J connectivity index is 2.26. The zero-order valence-electron chi connectivity index (χ0n) is 8.08. The van der Waals surface area contributed by atoms with E-state index in [9.17, 15) is 4.79 Å². The predicted molar refractivity (Wildman–Crippen MR) is 51.6 cm³/mol. The van der Waals surface area contributed by atoms with E-state index in [2.05, 4.69) is 15.2 Å². The quantitative estimate of drug-likeness (QED) is 0.781. The first-order valence-corrected chi connectivity index (χ1v) is 4.44. The Kier molecular flexibility index (Phi) is 2.24. The minimum Gasteiger partial charge on any atom is -0.476 e. The van der Waals surface area contributed by atoms with E-state index in [0.29, 0.717) is 0 Å². The van der Waals surface area contributed by atoms with Gasteiger partial charge in [-0.15, -0.1) is 0 Å². The van der Waals surface area contributed by atoms with Crippen molar-refractivity contribution in [2.45, 2.75) is 13.0 Å². The Bertz CT molecular complexity index is 460. The molecule has 0 saturated heterocycles. The topological polar surface area (TPSA) is 83.8 Å². The molecular weight excluding hydrogens is 196 g/mol. The molecule has 2 N–H and O–H groups in total. The molecular formula is C9H10N4O2. The van der Waals surface area contributed by atoms with Gasteiger partial charge in [-0.05, 0) is 6.92 Å². The maximum Gasteiger partial charge on any atom is 0.356 e. The highest BCUT2D eigenvalue weighted by Crippen LogP contribution is 2.16. The van der Waals surface area contributed by atoms with E-state index in [1.165, 1.54) is 12.5 Å². The molecule has 0 amide bonds. The van der Waals surface area contributed by atoms with Gasteiger partial charge >= 0.3 is 5.97 Å². The molecule has 0 aliphatic heterocycles. The molecule has 0 spiro atoms. The standard InChI is InChI=1S/C9H10N4O2/c1-6(7-2-11-12-3-7)13-4-8(9(14)15)10-5-13/h2-6H,1H3,(H,11,12)(H,14,15). The van der Waals surface area contributed by atoms with Crippen molar-refractivity contribution >= 4 is 5.97 Å². The molecule has 6 heteroatoms. The van der Waals surface area contributed by atoms with Gasteiger partial charge in [0, 0.05) is 18.0 Å². The van der Waals surface area contributed by atoms with Gasteiger partial charge in [-0.3, -0.25) is 5.10 Å². The van der Waals surface area contributed by atoms with E-state index in [4.69, 9.17) is 5.11 Å². The molecule has 0 fully saturated rings. The van der Waals surface area contributed by atoms with Crippen molar-refractivity contribution in [3.63, 3.8) is 0 Å². The van der Waals surface area contributed by atoms with Crippen molar-refractivity contribution in [3.05, 3.63) is 36.2 Å². The lowest BCUT2D eigenvalue weighted by molar-refractivity contribution is 0.0691. The number of carboxylic acid groups (broad SMARTS) is 1. The van der Waals surface area contributed by atoms with Crippen LogP contribution in [-0.2, 0) is 0 Å². The number of H-pyrrole nitrogens is 1. The van der Waals surface area contributed by atoms with Crippen LogP contribution in [0, 0.1) is 0 Å². The molecule has 1 atom stereocenters. The van der Waals surface area contributed by atoms with Crippen LogP contribution in [0.3, 0.4) is 0 Å². The number of carbonyl (C=O) groups is 1. The number of aromatic nitrogens is 4. The van der Waals surface area contributed by atoms with Gasteiger partial charge < -0.3 is 9.67 Å². The second-order valence-electron chi connectivity index (χ2n) is 3.22. The predicted octanol–water partition coefficient (Wildman–Crippen LogP) is 0.914. The first kappa shape index (κ1) is 9.45. The zero-order chi connectivity index (χ0) is 10.8. The van der Waals surface area contributed by atoms with Crippen LogP contribution in [0.15, 0.2) is 24.9 Å². The minimum absolute atomic E-state index is 0.0179. The summed E-state index contributed by atoms with van der Waals surface area (Å²) in [5.41, 5.74) is 1.02. The summed E-state index contributed by atoms with van der Waals surface area (Å²) in [4.78, 5) is 14.4. The molecule has 0 aliphatic rings. The maximum absolute atomic E-state index is 10.6. The highest BCUT2D eigenvalue weighted by Gasteiger charge is 2.12. The van der Waals surface area contributed by atoms with Crippen molar-refractivity contribution in [1.29, 1.82) is 0 Å². The Labute approximate surface area is 85.6 Å². The Hall–Kier alpha value is -2.11. The lowest BCUT2D eigenvalue weighted by Gasteiger charge is -2.09. The van der Waals surface area contributed by atoms with Gasteiger partial charge in [0.05, 0.1) is 18.6 Å². The summed E-state index contributed by atoms with van der Waals surface area (Å²) in [6, 6.07) is 0.0179. The summed E-state index contributed by atoms with van der Waals surface area (Å²) >= 11 is 0. The minimum atomic E-state index is -1.02. The highest BCUT2D eigenvalue weighted by atomic mass is 16.4. The van der Waals surface area contributed by atoms with E-state index < -0.39 is 5.97 Å². The molecule has 6 nitrogen and oxygen atoms in total. The Morgan fingerprint density at radius 2 is 2.47 bits per heavy atom. The van der Waals surface area contributed by atoms with Gasteiger partial charge in [0.1, 0.15) is 0 Å². The third-order valence-electron chi connectivity index (χ3n) is 2.27. The van der Waals surface area contributed by atoms with E-state index in [0.717, 1.165) is 5.56 Å². The SMILES string of the molecule is CC(c1cn[nH]c1)n1cnc(C(=O)O)c1. The average molecular weight is 206 g/mol. The van der Waals surface area contributed by atoms with Gasteiger partial charge in [-0.25, -0.2) is 9.78 Å². The molecule has 0 saturated carbocycles. The van der Waals surface area contributed by atoms with Crippen molar-refractivity contribution in [2.24, 2.45) is 0 Å². The van der Waals surface area contributed by atoms with Gasteiger partial charge in [0.2, 0.25) is 0 Å². The van der Waals surface area contributed by atoms with Crippen molar-refractivity contribution in [3.8, 4) is 0 Å². The highest BCUT2D eigenvalue weighted by molar-refractivity contribution is 5.84. The number of imidazole rings is 1. The molecule has 2 aromatic rings. The molecule has 2 rings (SSSR count). The normalized spacial score (nSPS) is 12.6. The largest absolute Gasteiger partial charge is 0.476 e. The van der Waals surface area contributed by atoms with Crippen LogP contribution >= 0.6 is 0 Å². The summed E-state index contributed by atoms with van der Waals surface area (Å²) < 4.78 is 1.73. The molecule has 1 unspecified atom stereocenters. The summed E-state index contributed by atoms with van der Waals surface area (Å²) in [5, 5.41) is 15.3. The average Bonchev–Trinajstić information content (AvgIpc) is 2.88. The Morgan fingerprint density at radius 1 is 1.67 bits per heavy atom. The second kappa shape index (κ2) is 3.56. The number of rotatable bonds is 3. The van der Waals surface area contributed by atoms with Gasteiger partial charge in [0.15, 0.2) is 5.69 Å². The van der Waals surface area contributed by atoms with Crippen LogP contribution in [0.2, 0.25) is 0 Å². The molecule has 2 heterocycles.